The molecular weight excluding hydrogens is 363 g/mol. The van der Waals surface area contributed by atoms with Crippen LogP contribution in [0.5, 0.6) is 0 Å². The van der Waals surface area contributed by atoms with Crippen LogP contribution < -0.4 is 10.6 Å². The quantitative estimate of drug-likeness (QED) is 0.739. The fourth-order valence-corrected chi connectivity index (χ4v) is 4.03. The minimum absolute atomic E-state index is 0.00542. The van der Waals surface area contributed by atoms with Gasteiger partial charge in [-0.1, -0.05) is 53.5 Å². The van der Waals surface area contributed by atoms with Crippen molar-refractivity contribution >= 4 is 40.9 Å². The van der Waals surface area contributed by atoms with Crippen molar-refractivity contribution in [1.29, 1.82) is 0 Å². The van der Waals surface area contributed by atoms with Crippen LogP contribution in [0.4, 0.5) is 0 Å². The van der Waals surface area contributed by atoms with E-state index < -0.39 is 0 Å². The van der Waals surface area contributed by atoms with Gasteiger partial charge in [0.2, 0.25) is 5.91 Å². The molecule has 0 radical (unpaired) electrons. The van der Waals surface area contributed by atoms with Gasteiger partial charge in [0, 0.05) is 35.5 Å². The molecule has 2 N–H and O–H groups in total. The van der Waals surface area contributed by atoms with E-state index in [2.05, 4.69) is 10.6 Å². The summed E-state index contributed by atoms with van der Waals surface area (Å²) in [6, 6.07) is 15.0. The Kier molecular flexibility index (Phi) is 6.06. The normalized spacial score (nSPS) is 15.6. The molecule has 0 spiro atoms. The van der Waals surface area contributed by atoms with Gasteiger partial charge in [0.15, 0.2) is 0 Å². The summed E-state index contributed by atoms with van der Waals surface area (Å²) in [5.41, 5.74) is 0.947. The van der Waals surface area contributed by atoms with Crippen molar-refractivity contribution in [3.63, 3.8) is 0 Å². The van der Waals surface area contributed by atoms with Crippen LogP contribution in [0.2, 0.25) is 10.0 Å². The number of carbonyl (C=O) groups is 1. The van der Waals surface area contributed by atoms with E-state index in [0.717, 1.165) is 23.5 Å². The first-order valence-corrected chi connectivity index (χ1v) is 9.42. The van der Waals surface area contributed by atoms with Crippen LogP contribution in [-0.4, -0.2) is 25.5 Å². The number of hydrogen-bond acceptors (Lipinski definition) is 3. The molecule has 1 saturated heterocycles. The number of thioether (sulfide) groups is 1. The van der Waals surface area contributed by atoms with Gasteiger partial charge in [-0.3, -0.25) is 4.79 Å². The van der Waals surface area contributed by atoms with Crippen LogP contribution in [0.15, 0.2) is 53.4 Å². The molecule has 0 saturated carbocycles. The van der Waals surface area contributed by atoms with Gasteiger partial charge < -0.3 is 10.6 Å². The van der Waals surface area contributed by atoms with Crippen LogP contribution in [0, 0.1) is 5.92 Å². The summed E-state index contributed by atoms with van der Waals surface area (Å²) in [4.78, 5) is 13.6. The summed E-state index contributed by atoms with van der Waals surface area (Å²) >= 11 is 13.8. The Morgan fingerprint density at radius 1 is 1.21 bits per heavy atom. The maximum Gasteiger partial charge on any atom is 0.238 e. The first-order valence-electron chi connectivity index (χ1n) is 7.78. The fourth-order valence-electron chi connectivity index (χ4n) is 2.43. The number of amides is 1. The number of nitrogens with one attached hydrogen (secondary N) is 2. The maximum absolute atomic E-state index is 12.8. The van der Waals surface area contributed by atoms with Gasteiger partial charge in [-0.2, -0.15) is 0 Å². The molecule has 1 amide bonds. The lowest BCUT2D eigenvalue weighted by molar-refractivity contribution is -0.120. The third-order valence-corrected chi connectivity index (χ3v) is 5.90. The standard InChI is InChI=1S/C18H18Cl2N2OS/c19-14-6-7-15(20)16(8-14)24-17(13-4-2-1-3-5-13)18(23)22-11-12-9-21-10-12/h1-8,12,17,21H,9-11H2,(H,22,23). The molecule has 1 aliphatic rings. The Hall–Kier alpha value is -1.20. The van der Waals surface area contributed by atoms with E-state index in [-0.39, 0.29) is 11.2 Å². The van der Waals surface area contributed by atoms with Crippen molar-refractivity contribution in [2.45, 2.75) is 10.1 Å². The third-order valence-electron chi connectivity index (χ3n) is 3.91. The smallest absolute Gasteiger partial charge is 0.238 e. The molecule has 126 valence electrons. The molecule has 1 fully saturated rings. The molecule has 1 aliphatic heterocycles. The minimum Gasteiger partial charge on any atom is -0.354 e. The molecule has 3 rings (SSSR count). The van der Waals surface area contributed by atoms with Gasteiger partial charge in [0.1, 0.15) is 5.25 Å². The van der Waals surface area contributed by atoms with Crippen molar-refractivity contribution in [2.24, 2.45) is 5.92 Å². The number of rotatable bonds is 6. The zero-order valence-electron chi connectivity index (χ0n) is 13.0. The van der Waals surface area contributed by atoms with Crippen LogP contribution >= 0.6 is 35.0 Å². The molecule has 3 nitrogen and oxygen atoms in total. The van der Waals surface area contributed by atoms with Crippen LogP contribution in [0.1, 0.15) is 10.8 Å². The van der Waals surface area contributed by atoms with E-state index in [1.807, 2.05) is 30.3 Å². The number of carbonyl (C=O) groups excluding carboxylic acids is 1. The first-order chi connectivity index (χ1) is 11.6. The lowest BCUT2D eigenvalue weighted by Crippen LogP contribution is -2.48. The van der Waals surface area contributed by atoms with Crippen molar-refractivity contribution in [1.82, 2.24) is 10.6 Å². The molecule has 6 heteroatoms. The van der Waals surface area contributed by atoms with E-state index in [4.69, 9.17) is 23.2 Å². The monoisotopic (exact) mass is 380 g/mol. The number of benzene rings is 2. The minimum atomic E-state index is -0.366. The summed E-state index contributed by atoms with van der Waals surface area (Å²) in [7, 11) is 0. The van der Waals surface area contributed by atoms with Gasteiger partial charge in [0.25, 0.3) is 0 Å². The molecule has 1 atom stereocenters. The summed E-state index contributed by atoms with van der Waals surface area (Å²) in [5, 5.41) is 7.11. The molecule has 0 bridgehead atoms. The van der Waals surface area contributed by atoms with E-state index in [1.54, 1.807) is 18.2 Å². The van der Waals surface area contributed by atoms with Crippen molar-refractivity contribution in [3.8, 4) is 0 Å². The first kappa shape index (κ1) is 17.6. The van der Waals surface area contributed by atoms with E-state index in [0.29, 0.717) is 22.5 Å². The molecule has 2 aromatic carbocycles. The third kappa shape index (κ3) is 4.45. The second-order valence-electron chi connectivity index (χ2n) is 5.75. The summed E-state index contributed by atoms with van der Waals surface area (Å²) < 4.78 is 0. The molecule has 0 aromatic heterocycles. The van der Waals surface area contributed by atoms with Crippen LogP contribution in [0.25, 0.3) is 0 Å². The van der Waals surface area contributed by atoms with Crippen LogP contribution in [-0.2, 0) is 4.79 Å². The van der Waals surface area contributed by atoms with Crippen LogP contribution in [0.3, 0.4) is 0 Å². The molecule has 2 aromatic rings. The second kappa shape index (κ2) is 8.26. The van der Waals surface area contributed by atoms with Crippen molar-refractivity contribution < 1.29 is 4.79 Å². The van der Waals surface area contributed by atoms with Crippen molar-refractivity contribution in [3.05, 3.63) is 64.1 Å². The maximum atomic E-state index is 12.8. The molecule has 0 aliphatic carbocycles. The highest BCUT2D eigenvalue weighted by Crippen LogP contribution is 2.40. The number of hydrogen-bond donors (Lipinski definition) is 2. The van der Waals surface area contributed by atoms with E-state index in [9.17, 15) is 4.79 Å². The van der Waals surface area contributed by atoms with Gasteiger partial charge in [-0.05, 0) is 23.8 Å². The molecule has 1 heterocycles. The van der Waals surface area contributed by atoms with Gasteiger partial charge in [0.05, 0.1) is 5.02 Å². The van der Waals surface area contributed by atoms with Gasteiger partial charge in [-0.25, -0.2) is 0 Å². The molecule has 24 heavy (non-hydrogen) atoms. The molecular formula is C18H18Cl2N2OS. The Labute approximate surface area is 156 Å². The van der Waals surface area contributed by atoms with E-state index in [1.165, 1.54) is 11.8 Å². The predicted octanol–water partition coefficient (Wildman–Crippen LogP) is 4.16. The fraction of sp³-hybridized carbons (Fsp3) is 0.278. The zero-order chi connectivity index (χ0) is 16.9. The van der Waals surface area contributed by atoms with Gasteiger partial charge >= 0.3 is 0 Å². The lowest BCUT2D eigenvalue weighted by Gasteiger charge is -2.28. The second-order valence-corrected chi connectivity index (χ2v) is 7.74. The largest absolute Gasteiger partial charge is 0.354 e. The Bertz CT molecular complexity index is 707. The topological polar surface area (TPSA) is 41.1 Å². The molecule has 1 unspecified atom stereocenters. The Morgan fingerprint density at radius 2 is 1.96 bits per heavy atom. The van der Waals surface area contributed by atoms with E-state index >= 15 is 0 Å². The lowest BCUT2D eigenvalue weighted by atomic mass is 10.0. The summed E-state index contributed by atoms with van der Waals surface area (Å²) in [5.74, 6) is 0.513. The summed E-state index contributed by atoms with van der Waals surface area (Å²) in [6.45, 7) is 2.62. The highest BCUT2D eigenvalue weighted by molar-refractivity contribution is 8.00. The summed E-state index contributed by atoms with van der Waals surface area (Å²) in [6.07, 6.45) is 0. The average Bonchev–Trinajstić information content (AvgIpc) is 2.55. The Morgan fingerprint density at radius 3 is 2.62 bits per heavy atom. The predicted molar refractivity (Wildman–Crippen MR) is 101 cm³/mol. The Balaban J connectivity index is 1.78. The highest BCUT2D eigenvalue weighted by atomic mass is 35.5. The average molecular weight is 381 g/mol. The van der Waals surface area contributed by atoms with Gasteiger partial charge in [-0.15, -0.1) is 11.8 Å². The highest BCUT2D eigenvalue weighted by Gasteiger charge is 2.25. The van der Waals surface area contributed by atoms with Crippen molar-refractivity contribution in [2.75, 3.05) is 19.6 Å². The zero-order valence-corrected chi connectivity index (χ0v) is 15.3. The SMILES string of the molecule is O=C(NCC1CNC1)C(Sc1cc(Cl)ccc1Cl)c1ccccc1. The number of halogens is 2.